The summed E-state index contributed by atoms with van der Waals surface area (Å²) in [5.41, 5.74) is 1.14. The number of carbonyl (C=O) groups excluding carboxylic acids is 1. The van der Waals surface area contributed by atoms with Crippen LogP contribution in [0.5, 0.6) is 0 Å². The van der Waals surface area contributed by atoms with E-state index in [1.165, 1.54) is 29.0 Å². The highest BCUT2D eigenvalue weighted by Gasteiger charge is 2.18. The van der Waals surface area contributed by atoms with Crippen LogP contribution in [0.4, 0.5) is 10.1 Å². The van der Waals surface area contributed by atoms with Crippen molar-refractivity contribution in [2.24, 2.45) is 0 Å². The number of pyridine rings is 1. The van der Waals surface area contributed by atoms with Crippen LogP contribution < -0.4 is 10.9 Å². The second-order valence-electron chi connectivity index (χ2n) is 5.54. The number of aromatic amines is 1. The van der Waals surface area contributed by atoms with Crippen LogP contribution in [0.25, 0.3) is 11.3 Å². The zero-order chi connectivity index (χ0) is 17.8. The first kappa shape index (κ1) is 16.6. The van der Waals surface area contributed by atoms with Gasteiger partial charge in [-0.1, -0.05) is 19.1 Å². The van der Waals surface area contributed by atoms with Crippen LogP contribution in [-0.4, -0.2) is 20.7 Å². The molecule has 0 bridgehead atoms. The molecule has 2 aromatic heterocycles. The van der Waals surface area contributed by atoms with E-state index in [0.717, 1.165) is 6.42 Å². The van der Waals surface area contributed by atoms with E-state index in [1.54, 1.807) is 24.4 Å². The average Bonchev–Trinajstić information content (AvgIpc) is 3.08. The second kappa shape index (κ2) is 7.12. The normalized spacial score (nSPS) is 10.6. The highest BCUT2D eigenvalue weighted by molar-refractivity contribution is 6.07. The van der Waals surface area contributed by atoms with Crippen molar-refractivity contribution >= 4 is 11.6 Å². The van der Waals surface area contributed by atoms with Crippen molar-refractivity contribution in [2.75, 3.05) is 5.32 Å². The molecule has 6 nitrogen and oxygen atoms in total. The largest absolute Gasteiger partial charge is 0.321 e. The molecule has 0 saturated heterocycles. The summed E-state index contributed by atoms with van der Waals surface area (Å²) in [6.07, 6.45) is 3.74. The van der Waals surface area contributed by atoms with Crippen molar-refractivity contribution < 1.29 is 9.18 Å². The van der Waals surface area contributed by atoms with E-state index in [2.05, 4.69) is 15.5 Å². The number of amides is 1. The number of rotatable bonds is 5. The number of carbonyl (C=O) groups is 1. The van der Waals surface area contributed by atoms with Gasteiger partial charge in [0.15, 0.2) is 0 Å². The number of hydrogen-bond acceptors (Lipinski definition) is 3. The van der Waals surface area contributed by atoms with E-state index >= 15 is 0 Å². The van der Waals surface area contributed by atoms with Gasteiger partial charge in [0.25, 0.3) is 11.5 Å². The lowest BCUT2D eigenvalue weighted by molar-refractivity contribution is 0.102. The first-order chi connectivity index (χ1) is 12.1. The van der Waals surface area contributed by atoms with E-state index in [-0.39, 0.29) is 16.7 Å². The number of H-pyrrole nitrogens is 1. The molecule has 128 valence electrons. The zero-order valence-electron chi connectivity index (χ0n) is 13.6. The summed E-state index contributed by atoms with van der Waals surface area (Å²) in [7, 11) is 0. The molecular weight excluding hydrogens is 323 g/mol. The molecule has 0 spiro atoms. The Labute approximate surface area is 143 Å². The maximum Gasteiger partial charge on any atom is 0.259 e. The van der Waals surface area contributed by atoms with Gasteiger partial charge >= 0.3 is 0 Å². The number of hydrogen-bond donors (Lipinski definition) is 2. The Morgan fingerprint density at radius 3 is 2.84 bits per heavy atom. The van der Waals surface area contributed by atoms with Crippen molar-refractivity contribution in [1.29, 1.82) is 0 Å². The Bertz CT molecular complexity index is 961. The van der Waals surface area contributed by atoms with Gasteiger partial charge in [-0.05, 0) is 24.6 Å². The molecule has 0 aliphatic heterocycles. The standard InChI is InChI=1S/C18H17FN4O2/c1-2-9-23-11-12(7-8-16(23)24)21-18(25)14-10-20-22-17(14)13-5-3-4-6-15(13)19/h3-8,10-11H,2,9H2,1H3,(H,20,22)(H,21,25). The molecule has 0 atom stereocenters. The number of halogens is 1. The Balaban J connectivity index is 1.89. The first-order valence-electron chi connectivity index (χ1n) is 7.90. The van der Waals surface area contributed by atoms with E-state index in [0.29, 0.717) is 17.9 Å². The minimum atomic E-state index is -0.447. The molecule has 7 heteroatoms. The van der Waals surface area contributed by atoms with Crippen LogP contribution in [0.15, 0.2) is 53.6 Å². The quantitative estimate of drug-likeness (QED) is 0.749. The van der Waals surface area contributed by atoms with Crippen molar-refractivity contribution in [2.45, 2.75) is 19.9 Å². The van der Waals surface area contributed by atoms with Gasteiger partial charge < -0.3 is 9.88 Å². The molecule has 0 saturated carbocycles. The van der Waals surface area contributed by atoms with Crippen LogP contribution >= 0.6 is 0 Å². The molecule has 2 N–H and O–H groups in total. The highest BCUT2D eigenvalue weighted by Crippen LogP contribution is 2.24. The summed E-state index contributed by atoms with van der Waals surface area (Å²) >= 11 is 0. The third kappa shape index (κ3) is 3.50. The first-order valence-corrected chi connectivity index (χ1v) is 7.90. The van der Waals surface area contributed by atoms with Gasteiger partial charge in [0, 0.05) is 24.4 Å². The van der Waals surface area contributed by atoms with E-state index in [4.69, 9.17) is 0 Å². The Kier molecular flexibility index (Phi) is 4.74. The smallest absolute Gasteiger partial charge is 0.259 e. The van der Waals surface area contributed by atoms with Crippen LogP contribution in [-0.2, 0) is 6.54 Å². The summed E-state index contributed by atoms with van der Waals surface area (Å²) in [5, 5.41) is 9.24. The summed E-state index contributed by atoms with van der Waals surface area (Å²) in [6.45, 7) is 2.53. The van der Waals surface area contributed by atoms with Gasteiger partial charge in [0.2, 0.25) is 0 Å². The number of anilines is 1. The Hall–Kier alpha value is -3.22. The fourth-order valence-corrected chi connectivity index (χ4v) is 2.55. The Morgan fingerprint density at radius 2 is 2.08 bits per heavy atom. The van der Waals surface area contributed by atoms with E-state index in [1.807, 2.05) is 6.92 Å². The minimum absolute atomic E-state index is 0.129. The number of benzene rings is 1. The van der Waals surface area contributed by atoms with Gasteiger partial charge in [-0.25, -0.2) is 4.39 Å². The summed E-state index contributed by atoms with van der Waals surface area (Å²) < 4.78 is 15.5. The predicted octanol–water partition coefficient (Wildman–Crippen LogP) is 3.04. The second-order valence-corrected chi connectivity index (χ2v) is 5.54. The van der Waals surface area contributed by atoms with Gasteiger partial charge in [0.05, 0.1) is 23.1 Å². The van der Waals surface area contributed by atoms with Crippen molar-refractivity contribution in [3.8, 4) is 11.3 Å². The van der Waals surface area contributed by atoms with Crippen LogP contribution in [0.2, 0.25) is 0 Å². The lowest BCUT2D eigenvalue weighted by atomic mass is 10.1. The molecule has 0 aliphatic carbocycles. The Morgan fingerprint density at radius 1 is 1.28 bits per heavy atom. The van der Waals surface area contributed by atoms with Crippen molar-refractivity contribution in [1.82, 2.24) is 14.8 Å². The van der Waals surface area contributed by atoms with E-state index < -0.39 is 11.7 Å². The van der Waals surface area contributed by atoms with Crippen molar-refractivity contribution in [3.63, 3.8) is 0 Å². The van der Waals surface area contributed by atoms with Gasteiger partial charge in [-0.2, -0.15) is 5.10 Å². The fourth-order valence-electron chi connectivity index (χ4n) is 2.55. The monoisotopic (exact) mass is 340 g/mol. The van der Waals surface area contributed by atoms with Crippen LogP contribution in [0.1, 0.15) is 23.7 Å². The number of aromatic nitrogens is 3. The summed E-state index contributed by atoms with van der Waals surface area (Å²) in [5.74, 6) is -0.883. The fraction of sp³-hybridized carbons (Fsp3) is 0.167. The van der Waals surface area contributed by atoms with Gasteiger partial charge in [-0.3, -0.25) is 14.7 Å². The molecule has 25 heavy (non-hydrogen) atoms. The molecule has 0 unspecified atom stereocenters. The molecule has 0 radical (unpaired) electrons. The molecule has 3 rings (SSSR count). The number of nitrogens with zero attached hydrogens (tertiary/aromatic N) is 2. The predicted molar refractivity (Wildman–Crippen MR) is 92.9 cm³/mol. The molecule has 0 fully saturated rings. The molecule has 1 aromatic carbocycles. The molecule has 2 heterocycles. The van der Waals surface area contributed by atoms with Crippen molar-refractivity contribution in [3.05, 3.63) is 70.5 Å². The van der Waals surface area contributed by atoms with Crippen LogP contribution in [0, 0.1) is 5.82 Å². The van der Waals surface area contributed by atoms with Gasteiger partial charge in [-0.15, -0.1) is 0 Å². The minimum Gasteiger partial charge on any atom is -0.321 e. The highest BCUT2D eigenvalue weighted by atomic mass is 19.1. The van der Waals surface area contributed by atoms with Crippen LogP contribution in [0.3, 0.4) is 0 Å². The third-order valence-electron chi connectivity index (χ3n) is 3.73. The molecule has 0 aliphatic rings. The topological polar surface area (TPSA) is 79.8 Å². The lowest BCUT2D eigenvalue weighted by Crippen LogP contribution is -2.20. The lowest BCUT2D eigenvalue weighted by Gasteiger charge is -2.09. The summed E-state index contributed by atoms with van der Waals surface area (Å²) in [4.78, 5) is 24.3. The van der Waals surface area contributed by atoms with E-state index in [9.17, 15) is 14.0 Å². The zero-order valence-corrected chi connectivity index (χ0v) is 13.6. The maximum atomic E-state index is 14.0. The molecular formula is C18H17FN4O2. The average molecular weight is 340 g/mol. The SMILES string of the molecule is CCCn1cc(NC(=O)c2cn[nH]c2-c2ccccc2F)ccc1=O. The maximum absolute atomic E-state index is 14.0. The number of aryl methyl sites for hydroxylation is 1. The number of nitrogens with one attached hydrogen (secondary N) is 2. The summed E-state index contributed by atoms with van der Waals surface area (Å²) in [6, 6.07) is 9.08. The molecule has 3 aromatic rings. The third-order valence-corrected chi connectivity index (χ3v) is 3.73. The van der Waals surface area contributed by atoms with Gasteiger partial charge in [0.1, 0.15) is 5.82 Å². The molecule has 1 amide bonds.